The van der Waals surface area contributed by atoms with E-state index in [1.165, 1.54) is 11.1 Å². The fraction of sp³-hybridized carbons (Fsp3) is 0.357. The highest BCUT2D eigenvalue weighted by molar-refractivity contribution is 5.20. The van der Waals surface area contributed by atoms with E-state index in [1.54, 1.807) is 0 Å². The second-order valence-corrected chi connectivity index (χ2v) is 4.40. The van der Waals surface area contributed by atoms with Gasteiger partial charge < -0.3 is 10.3 Å². The minimum atomic E-state index is 0.140. The molecule has 2 aromatic rings. The number of aromatic nitrogens is 2. The van der Waals surface area contributed by atoms with E-state index in [4.69, 9.17) is 5.73 Å². The van der Waals surface area contributed by atoms with Crippen LogP contribution in [0, 0.1) is 6.92 Å². The Morgan fingerprint density at radius 3 is 2.94 bits per heavy atom. The maximum absolute atomic E-state index is 6.00. The van der Waals surface area contributed by atoms with E-state index in [-0.39, 0.29) is 6.04 Å². The van der Waals surface area contributed by atoms with Gasteiger partial charge in [-0.05, 0) is 36.6 Å². The zero-order valence-corrected chi connectivity index (χ0v) is 10.4. The predicted octanol–water partition coefficient (Wildman–Crippen LogP) is 2.65. The summed E-state index contributed by atoms with van der Waals surface area (Å²) in [6.45, 7) is 5.00. The van der Waals surface area contributed by atoms with Crippen molar-refractivity contribution in [1.82, 2.24) is 9.55 Å². The number of nitrogens with zero attached hydrogens (tertiary/aromatic N) is 2. The molecular weight excluding hydrogens is 210 g/mol. The van der Waals surface area contributed by atoms with E-state index in [1.807, 2.05) is 12.3 Å². The van der Waals surface area contributed by atoms with Gasteiger partial charge in [-0.25, -0.2) is 0 Å². The Labute approximate surface area is 102 Å². The fourth-order valence-electron chi connectivity index (χ4n) is 1.87. The molecule has 0 aliphatic carbocycles. The van der Waals surface area contributed by atoms with E-state index in [0.717, 1.165) is 18.7 Å². The lowest BCUT2D eigenvalue weighted by Gasteiger charge is -2.07. The predicted molar refractivity (Wildman–Crippen MR) is 69.7 cm³/mol. The van der Waals surface area contributed by atoms with Gasteiger partial charge in [0.15, 0.2) is 0 Å². The molecule has 0 radical (unpaired) electrons. The molecule has 0 saturated heterocycles. The van der Waals surface area contributed by atoms with Crippen LogP contribution in [-0.2, 0) is 6.54 Å². The smallest absolute Gasteiger partial charge is 0.0645 e. The Morgan fingerprint density at radius 2 is 2.24 bits per heavy atom. The molecular formula is C14H19N3. The van der Waals surface area contributed by atoms with Gasteiger partial charge in [-0.2, -0.15) is 0 Å². The van der Waals surface area contributed by atoms with Crippen LogP contribution in [0.4, 0.5) is 0 Å². The van der Waals surface area contributed by atoms with Crippen molar-refractivity contribution in [3.8, 4) is 0 Å². The van der Waals surface area contributed by atoms with Gasteiger partial charge >= 0.3 is 0 Å². The Kier molecular flexibility index (Phi) is 3.59. The molecule has 0 aromatic carbocycles. The first-order chi connectivity index (χ1) is 8.20. The van der Waals surface area contributed by atoms with Gasteiger partial charge in [-0.1, -0.05) is 13.0 Å². The zero-order chi connectivity index (χ0) is 12.3. The lowest BCUT2D eigenvalue weighted by Crippen LogP contribution is -2.07. The molecule has 17 heavy (non-hydrogen) atoms. The van der Waals surface area contributed by atoms with E-state index >= 15 is 0 Å². The van der Waals surface area contributed by atoms with Gasteiger partial charge in [0.2, 0.25) is 0 Å². The topological polar surface area (TPSA) is 43.8 Å². The highest BCUT2D eigenvalue weighted by Gasteiger charge is 2.06. The van der Waals surface area contributed by atoms with E-state index in [0.29, 0.717) is 0 Å². The van der Waals surface area contributed by atoms with Crippen LogP contribution in [0.5, 0.6) is 0 Å². The van der Waals surface area contributed by atoms with Gasteiger partial charge in [-0.3, -0.25) is 4.98 Å². The quantitative estimate of drug-likeness (QED) is 0.876. The van der Waals surface area contributed by atoms with Gasteiger partial charge in [0.1, 0.15) is 0 Å². The first kappa shape index (κ1) is 11.9. The van der Waals surface area contributed by atoms with Crippen LogP contribution in [0.1, 0.15) is 36.2 Å². The van der Waals surface area contributed by atoms with Crippen molar-refractivity contribution >= 4 is 0 Å². The summed E-state index contributed by atoms with van der Waals surface area (Å²) < 4.78 is 2.14. The average molecular weight is 229 g/mol. The number of pyridine rings is 1. The number of rotatable bonds is 4. The number of hydrogen-bond acceptors (Lipinski definition) is 2. The standard InChI is InChI=1S/C14H19N3/c1-3-13(15)12-6-8-17(9-12)10-14-11(2)5-4-7-16-14/h4-9,13H,3,10,15H2,1-2H3. The van der Waals surface area contributed by atoms with Crippen LogP contribution in [-0.4, -0.2) is 9.55 Å². The highest BCUT2D eigenvalue weighted by Crippen LogP contribution is 2.15. The maximum atomic E-state index is 6.00. The van der Waals surface area contributed by atoms with E-state index in [9.17, 15) is 0 Å². The van der Waals surface area contributed by atoms with Gasteiger partial charge in [-0.15, -0.1) is 0 Å². The summed E-state index contributed by atoms with van der Waals surface area (Å²) in [5.41, 5.74) is 9.53. The second kappa shape index (κ2) is 5.15. The molecule has 2 rings (SSSR count). The lowest BCUT2D eigenvalue weighted by atomic mass is 10.1. The third kappa shape index (κ3) is 2.74. The molecule has 0 spiro atoms. The summed E-state index contributed by atoms with van der Waals surface area (Å²) >= 11 is 0. The molecule has 90 valence electrons. The number of aryl methyl sites for hydroxylation is 1. The van der Waals surface area contributed by atoms with Crippen molar-refractivity contribution in [3.63, 3.8) is 0 Å². The third-order valence-corrected chi connectivity index (χ3v) is 3.09. The Bertz CT molecular complexity index is 488. The Morgan fingerprint density at radius 1 is 1.41 bits per heavy atom. The van der Waals surface area contributed by atoms with Crippen LogP contribution in [0.3, 0.4) is 0 Å². The van der Waals surface area contributed by atoms with Gasteiger partial charge in [0.05, 0.1) is 12.2 Å². The fourth-order valence-corrected chi connectivity index (χ4v) is 1.87. The molecule has 1 unspecified atom stereocenters. The highest BCUT2D eigenvalue weighted by atomic mass is 15.0. The van der Waals surface area contributed by atoms with Crippen LogP contribution in [0.2, 0.25) is 0 Å². The summed E-state index contributed by atoms with van der Waals surface area (Å²) in [5, 5.41) is 0. The molecule has 0 amide bonds. The summed E-state index contributed by atoms with van der Waals surface area (Å²) in [4.78, 5) is 4.40. The monoisotopic (exact) mass is 229 g/mol. The summed E-state index contributed by atoms with van der Waals surface area (Å²) in [6.07, 6.45) is 6.98. The van der Waals surface area contributed by atoms with Crippen LogP contribution in [0.15, 0.2) is 36.8 Å². The van der Waals surface area contributed by atoms with Crippen molar-refractivity contribution in [2.45, 2.75) is 32.9 Å². The third-order valence-electron chi connectivity index (χ3n) is 3.09. The van der Waals surface area contributed by atoms with Crippen molar-refractivity contribution in [1.29, 1.82) is 0 Å². The molecule has 0 aliphatic heterocycles. The maximum Gasteiger partial charge on any atom is 0.0645 e. The van der Waals surface area contributed by atoms with Crippen molar-refractivity contribution in [2.75, 3.05) is 0 Å². The largest absolute Gasteiger partial charge is 0.348 e. The van der Waals surface area contributed by atoms with Crippen LogP contribution < -0.4 is 5.73 Å². The van der Waals surface area contributed by atoms with Crippen molar-refractivity contribution in [3.05, 3.63) is 53.6 Å². The molecule has 0 aliphatic rings. The van der Waals surface area contributed by atoms with Gasteiger partial charge in [0.25, 0.3) is 0 Å². The zero-order valence-electron chi connectivity index (χ0n) is 10.4. The van der Waals surface area contributed by atoms with E-state index in [2.05, 4.69) is 47.9 Å². The first-order valence-corrected chi connectivity index (χ1v) is 6.02. The summed E-state index contributed by atoms with van der Waals surface area (Å²) in [5.74, 6) is 0. The van der Waals surface area contributed by atoms with Crippen molar-refractivity contribution in [2.24, 2.45) is 5.73 Å². The number of hydrogen-bond donors (Lipinski definition) is 1. The van der Waals surface area contributed by atoms with Crippen LogP contribution in [0.25, 0.3) is 0 Å². The minimum absolute atomic E-state index is 0.140. The minimum Gasteiger partial charge on any atom is -0.348 e. The van der Waals surface area contributed by atoms with Gasteiger partial charge in [0, 0.05) is 24.6 Å². The molecule has 3 heteroatoms. The van der Waals surface area contributed by atoms with Crippen LogP contribution >= 0.6 is 0 Å². The number of nitrogens with two attached hydrogens (primary N) is 1. The average Bonchev–Trinajstić information content (AvgIpc) is 2.80. The molecule has 0 fully saturated rings. The van der Waals surface area contributed by atoms with E-state index < -0.39 is 0 Å². The first-order valence-electron chi connectivity index (χ1n) is 6.02. The molecule has 0 bridgehead atoms. The molecule has 1 atom stereocenters. The molecule has 3 nitrogen and oxygen atoms in total. The normalized spacial score (nSPS) is 12.6. The molecule has 2 N–H and O–H groups in total. The molecule has 0 saturated carbocycles. The Balaban J connectivity index is 2.14. The lowest BCUT2D eigenvalue weighted by molar-refractivity contribution is 0.691. The summed E-state index contributed by atoms with van der Waals surface area (Å²) in [6, 6.07) is 6.28. The Hall–Kier alpha value is -1.61. The second-order valence-electron chi connectivity index (χ2n) is 4.40. The SMILES string of the molecule is CCC(N)c1ccn(Cc2ncccc2C)c1. The van der Waals surface area contributed by atoms with Crippen molar-refractivity contribution < 1.29 is 0 Å². The molecule has 2 aromatic heterocycles. The summed E-state index contributed by atoms with van der Waals surface area (Å²) in [7, 11) is 0. The molecule has 2 heterocycles.